The summed E-state index contributed by atoms with van der Waals surface area (Å²) >= 11 is 1.09. The third-order valence-corrected chi connectivity index (χ3v) is 8.64. The van der Waals surface area contributed by atoms with Crippen LogP contribution in [0.5, 0.6) is 0 Å². The molecule has 0 fully saturated rings. The van der Waals surface area contributed by atoms with E-state index in [1.807, 2.05) is 54.6 Å². The summed E-state index contributed by atoms with van der Waals surface area (Å²) in [4.78, 5) is 13.4. The number of nitrogens with zero attached hydrogens (tertiary/aromatic N) is 4. The molecule has 5 rings (SSSR count). The number of benzene rings is 2. The Hall–Kier alpha value is -3.24. The van der Waals surface area contributed by atoms with Crippen molar-refractivity contribution in [3.63, 3.8) is 0 Å². The normalized spacial score (nSPS) is 22.5. The third kappa shape index (κ3) is 3.10. The van der Waals surface area contributed by atoms with Crippen molar-refractivity contribution in [3.05, 3.63) is 90.0 Å². The number of tetrazole rings is 1. The number of carbonyl (C=O) groups is 1. The van der Waals surface area contributed by atoms with E-state index in [0.29, 0.717) is 6.42 Å². The molecule has 0 saturated carbocycles. The van der Waals surface area contributed by atoms with Gasteiger partial charge in [-0.1, -0.05) is 78.5 Å². The van der Waals surface area contributed by atoms with E-state index in [1.165, 1.54) is 12.1 Å². The van der Waals surface area contributed by atoms with Crippen LogP contribution in [-0.4, -0.2) is 44.6 Å². The average Bonchev–Trinajstić information content (AvgIpc) is 3.39. The fraction of sp³-hybridized carbons (Fsp3) is 0.143. The van der Waals surface area contributed by atoms with Gasteiger partial charge in [-0.05, 0) is 29.3 Å². The number of rotatable bonds is 5. The van der Waals surface area contributed by atoms with E-state index < -0.39 is 26.7 Å². The monoisotopic (exact) mass is 451 g/mol. The standard InChI is InChI=1S/C21H17N5O3S2/c27-18-16-11-5-6-12-17(16)31(28,29)26(18)19(30-20-22-24-25-23-20)21(13-7-2-8-14-21)15-9-3-1-4-10-15/h1-13,19H,14H2,(H,22,23,24,25). The molecule has 2 aromatic carbocycles. The van der Waals surface area contributed by atoms with E-state index in [4.69, 9.17) is 0 Å². The number of H-pyrrole nitrogens is 1. The van der Waals surface area contributed by atoms with Crippen molar-refractivity contribution in [1.29, 1.82) is 0 Å². The van der Waals surface area contributed by atoms with Crippen molar-refractivity contribution >= 4 is 27.7 Å². The Morgan fingerprint density at radius 3 is 2.52 bits per heavy atom. The van der Waals surface area contributed by atoms with Gasteiger partial charge in [-0.2, -0.15) is 5.21 Å². The second kappa shape index (κ2) is 7.47. The molecule has 2 unspecified atom stereocenters. The summed E-state index contributed by atoms with van der Waals surface area (Å²) in [6, 6.07) is 15.8. The summed E-state index contributed by atoms with van der Waals surface area (Å²) in [5.74, 6) is -0.560. The molecule has 2 atom stereocenters. The summed E-state index contributed by atoms with van der Waals surface area (Å²) < 4.78 is 28.1. The summed E-state index contributed by atoms with van der Waals surface area (Å²) in [6.45, 7) is 0. The molecule has 8 nitrogen and oxygen atoms in total. The zero-order chi connectivity index (χ0) is 21.5. The van der Waals surface area contributed by atoms with E-state index >= 15 is 0 Å². The number of sulfonamides is 1. The largest absolute Gasteiger partial charge is 0.270 e. The molecule has 156 valence electrons. The minimum absolute atomic E-state index is 0.0113. The molecule has 0 saturated heterocycles. The highest BCUT2D eigenvalue weighted by Crippen LogP contribution is 2.48. The van der Waals surface area contributed by atoms with Crippen LogP contribution in [0.2, 0.25) is 0 Å². The molecule has 1 amide bonds. The Labute approximate surface area is 183 Å². The lowest BCUT2D eigenvalue weighted by atomic mass is 9.75. The van der Waals surface area contributed by atoms with Gasteiger partial charge in [0, 0.05) is 5.41 Å². The van der Waals surface area contributed by atoms with Crippen LogP contribution in [0.1, 0.15) is 22.3 Å². The van der Waals surface area contributed by atoms with Crippen LogP contribution in [0.4, 0.5) is 0 Å². The smallest absolute Gasteiger partial charge is 0.268 e. The van der Waals surface area contributed by atoms with Crippen molar-refractivity contribution < 1.29 is 13.2 Å². The number of aromatic nitrogens is 4. The topological polar surface area (TPSA) is 109 Å². The van der Waals surface area contributed by atoms with Crippen LogP contribution in [0.15, 0.2) is 89.0 Å². The highest BCUT2D eigenvalue weighted by Gasteiger charge is 2.53. The second-order valence-corrected chi connectivity index (χ2v) is 10.00. The van der Waals surface area contributed by atoms with E-state index in [2.05, 4.69) is 20.6 Å². The lowest BCUT2D eigenvalue weighted by molar-refractivity contribution is 0.0841. The van der Waals surface area contributed by atoms with Crippen LogP contribution >= 0.6 is 11.8 Å². The van der Waals surface area contributed by atoms with Crippen molar-refractivity contribution in [1.82, 2.24) is 24.9 Å². The number of allylic oxidation sites excluding steroid dienone is 3. The Kier molecular flexibility index (Phi) is 4.75. The van der Waals surface area contributed by atoms with E-state index in [9.17, 15) is 13.2 Å². The first-order chi connectivity index (χ1) is 15.0. The predicted octanol–water partition coefficient (Wildman–Crippen LogP) is 2.92. The minimum atomic E-state index is -4.07. The molecule has 2 aliphatic rings. The van der Waals surface area contributed by atoms with Gasteiger partial charge in [0.05, 0.1) is 5.56 Å². The Morgan fingerprint density at radius 2 is 1.84 bits per heavy atom. The van der Waals surface area contributed by atoms with Crippen LogP contribution in [0.3, 0.4) is 0 Å². The lowest BCUT2D eigenvalue weighted by Gasteiger charge is -2.42. The molecular weight excluding hydrogens is 434 g/mol. The quantitative estimate of drug-likeness (QED) is 0.594. The zero-order valence-electron chi connectivity index (χ0n) is 16.1. The first-order valence-corrected chi connectivity index (χ1v) is 11.8. The van der Waals surface area contributed by atoms with Crippen molar-refractivity contribution in [2.75, 3.05) is 0 Å². The third-order valence-electron chi connectivity index (χ3n) is 5.46. The van der Waals surface area contributed by atoms with Crippen molar-refractivity contribution in [2.45, 2.75) is 27.3 Å². The fourth-order valence-corrected chi connectivity index (χ4v) is 7.24. The number of nitrogens with one attached hydrogen (secondary N) is 1. The maximum absolute atomic E-state index is 13.6. The number of fused-ring (bicyclic) bond motifs is 1. The summed E-state index contributed by atoms with van der Waals surface area (Å²) in [5.41, 5.74) is 0.224. The van der Waals surface area contributed by atoms with Gasteiger partial charge in [0.2, 0.25) is 5.16 Å². The maximum atomic E-state index is 13.6. The molecule has 1 aliphatic heterocycles. The molecule has 3 aromatic rings. The van der Waals surface area contributed by atoms with Gasteiger partial charge >= 0.3 is 0 Å². The lowest BCUT2D eigenvalue weighted by Crippen LogP contribution is -2.50. The number of thioether (sulfide) groups is 1. The molecule has 0 radical (unpaired) electrons. The van der Waals surface area contributed by atoms with Crippen LogP contribution in [-0.2, 0) is 15.4 Å². The number of amides is 1. The Morgan fingerprint density at radius 1 is 1.06 bits per heavy atom. The second-order valence-electron chi connectivity index (χ2n) is 7.16. The summed E-state index contributed by atoms with van der Waals surface area (Å²) in [6.07, 6.45) is 8.20. The molecule has 0 spiro atoms. The van der Waals surface area contributed by atoms with Gasteiger partial charge in [0.15, 0.2) is 0 Å². The van der Waals surface area contributed by atoms with Crippen molar-refractivity contribution in [3.8, 4) is 0 Å². The number of hydrogen-bond donors (Lipinski definition) is 1. The first kappa shape index (κ1) is 19.7. The molecule has 1 aromatic heterocycles. The number of aromatic amines is 1. The Bertz CT molecular complexity index is 1290. The van der Waals surface area contributed by atoms with Gasteiger partial charge in [0.25, 0.3) is 15.9 Å². The average molecular weight is 452 g/mol. The van der Waals surface area contributed by atoms with Gasteiger partial charge in [0.1, 0.15) is 10.3 Å². The SMILES string of the molecule is O=C1c2ccccc2S(=O)(=O)N1C(Sc1nn[nH]n1)C1(c2ccccc2)C=CC=CC1. The molecule has 0 bridgehead atoms. The summed E-state index contributed by atoms with van der Waals surface area (Å²) in [5, 5.41) is 13.4. The Balaban J connectivity index is 1.73. The van der Waals surface area contributed by atoms with Crippen LogP contribution in [0, 0.1) is 0 Å². The van der Waals surface area contributed by atoms with Gasteiger partial charge < -0.3 is 0 Å². The first-order valence-electron chi connectivity index (χ1n) is 9.52. The molecule has 2 heterocycles. The molecule has 1 N–H and O–H groups in total. The number of hydrogen-bond acceptors (Lipinski definition) is 7. The molecule has 31 heavy (non-hydrogen) atoms. The zero-order valence-corrected chi connectivity index (χ0v) is 17.8. The van der Waals surface area contributed by atoms with Crippen LogP contribution in [0.25, 0.3) is 0 Å². The maximum Gasteiger partial charge on any atom is 0.270 e. The van der Waals surface area contributed by atoms with Gasteiger partial charge in [-0.25, -0.2) is 12.7 Å². The fourth-order valence-electron chi connectivity index (χ4n) is 4.02. The van der Waals surface area contributed by atoms with E-state index in [-0.39, 0.29) is 15.6 Å². The van der Waals surface area contributed by atoms with Gasteiger partial charge in [-0.3, -0.25) is 4.79 Å². The van der Waals surface area contributed by atoms with Crippen molar-refractivity contribution in [2.24, 2.45) is 0 Å². The van der Waals surface area contributed by atoms with E-state index in [1.54, 1.807) is 12.1 Å². The minimum Gasteiger partial charge on any atom is -0.268 e. The van der Waals surface area contributed by atoms with E-state index in [0.717, 1.165) is 21.6 Å². The summed E-state index contributed by atoms with van der Waals surface area (Å²) in [7, 11) is -4.07. The highest BCUT2D eigenvalue weighted by molar-refractivity contribution is 8.00. The highest BCUT2D eigenvalue weighted by atomic mass is 32.2. The van der Waals surface area contributed by atoms with Gasteiger partial charge in [-0.15, -0.1) is 10.2 Å². The molecular formula is C21H17N5O3S2. The molecule has 1 aliphatic carbocycles. The van der Waals surface area contributed by atoms with Crippen LogP contribution < -0.4 is 0 Å². The molecule has 10 heteroatoms. The number of carbonyl (C=O) groups excluding carboxylic acids is 1. The predicted molar refractivity (Wildman–Crippen MR) is 115 cm³/mol.